The molecule has 1 saturated heterocycles. The molecule has 198 valence electrons. The lowest BCUT2D eigenvalue weighted by Gasteiger charge is -2.40. The van der Waals surface area contributed by atoms with Crippen LogP contribution in [0.25, 0.3) is 0 Å². The van der Waals surface area contributed by atoms with Gasteiger partial charge in [-0.05, 0) is 56.3 Å². The van der Waals surface area contributed by atoms with Gasteiger partial charge in [-0.1, -0.05) is 6.08 Å². The van der Waals surface area contributed by atoms with Crippen LogP contribution in [0.4, 0.5) is 13.2 Å². The number of rotatable bonds is 6. The van der Waals surface area contributed by atoms with Crippen LogP contribution in [0.2, 0.25) is 0 Å². The molecule has 6 rings (SSSR count). The molecule has 8 nitrogen and oxygen atoms in total. The van der Waals surface area contributed by atoms with Crippen molar-refractivity contribution in [2.75, 3.05) is 26.2 Å². The fourth-order valence-corrected chi connectivity index (χ4v) is 5.77. The minimum atomic E-state index is -4.53. The van der Waals surface area contributed by atoms with Gasteiger partial charge in [-0.25, -0.2) is 0 Å². The predicted octanol–water partition coefficient (Wildman–Crippen LogP) is 3.47. The Bertz CT molecular complexity index is 1160. The third-order valence-electron chi connectivity index (χ3n) is 7.98. The number of fused-ring (bicyclic) bond motifs is 1. The van der Waals surface area contributed by atoms with Crippen molar-refractivity contribution in [3.8, 4) is 0 Å². The normalized spacial score (nSPS) is 26.6. The van der Waals surface area contributed by atoms with E-state index in [9.17, 15) is 18.0 Å². The molecule has 5 aliphatic rings. The Morgan fingerprint density at radius 3 is 2.65 bits per heavy atom. The zero-order valence-electron chi connectivity index (χ0n) is 20.6. The van der Waals surface area contributed by atoms with E-state index in [1.165, 1.54) is 6.20 Å². The second-order valence-electron chi connectivity index (χ2n) is 10.5. The molecule has 1 aromatic heterocycles. The minimum absolute atomic E-state index is 0.00122. The highest BCUT2D eigenvalue weighted by Gasteiger charge is 2.40. The second kappa shape index (κ2) is 9.57. The molecule has 0 spiro atoms. The first-order valence-corrected chi connectivity index (χ1v) is 13.2. The number of amides is 1. The van der Waals surface area contributed by atoms with E-state index in [0.717, 1.165) is 55.5 Å². The average molecular weight is 516 g/mol. The first-order chi connectivity index (χ1) is 17.9. The van der Waals surface area contributed by atoms with E-state index in [-0.39, 0.29) is 29.3 Å². The van der Waals surface area contributed by atoms with E-state index in [2.05, 4.69) is 49.2 Å². The van der Waals surface area contributed by atoms with Crippen molar-refractivity contribution in [1.82, 2.24) is 30.7 Å². The fraction of sp³-hybridized carbons (Fsp3) is 0.577. The van der Waals surface area contributed by atoms with Crippen molar-refractivity contribution < 1.29 is 18.0 Å². The molecule has 3 aliphatic carbocycles. The summed E-state index contributed by atoms with van der Waals surface area (Å²) in [5.41, 5.74) is 5.12. The molecule has 37 heavy (non-hydrogen) atoms. The highest BCUT2D eigenvalue weighted by molar-refractivity contribution is 5.81. The first-order valence-electron chi connectivity index (χ1n) is 13.2. The summed E-state index contributed by atoms with van der Waals surface area (Å²) >= 11 is 0. The number of halogens is 3. The topological polar surface area (TPSA) is 88.7 Å². The van der Waals surface area contributed by atoms with Gasteiger partial charge in [0.15, 0.2) is 0 Å². The number of aromatic amines is 1. The summed E-state index contributed by atoms with van der Waals surface area (Å²) in [6.45, 7) is 2.64. The Morgan fingerprint density at radius 2 is 1.95 bits per heavy atom. The lowest BCUT2D eigenvalue weighted by atomic mass is 9.88. The standard InChI is InChI=1S/C26H32F3N7O/c27-26(28,29)24-19(15-31-34-24)23(16-4-2-1-3-5-16)32-21-12-18-14-30-33-20(18)13-22(21)35-8-10-36(11-9-35)25(37)17-6-7-17/h4,12-15,17-18,20,23,32-33H,1-3,5-11H2,(H,31,34). The molecule has 2 fully saturated rings. The van der Waals surface area contributed by atoms with Gasteiger partial charge in [0, 0.05) is 49.8 Å². The Hall–Kier alpha value is -3.24. The van der Waals surface area contributed by atoms with Crippen LogP contribution in [-0.4, -0.2) is 64.3 Å². The van der Waals surface area contributed by atoms with Crippen LogP contribution in [0.5, 0.6) is 0 Å². The summed E-state index contributed by atoms with van der Waals surface area (Å²) in [6, 6.07) is -0.649. The molecule has 2 aliphatic heterocycles. The number of nitrogens with zero attached hydrogens (tertiary/aromatic N) is 4. The Morgan fingerprint density at radius 1 is 1.14 bits per heavy atom. The molecule has 0 bridgehead atoms. The van der Waals surface area contributed by atoms with Gasteiger partial charge in [0.2, 0.25) is 5.91 Å². The van der Waals surface area contributed by atoms with Gasteiger partial charge in [-0.15, -0.1) is 0 Å². The monoisotopic (exact) mass is 515 g/mol. The number of carbonyl (C=O) groups is 1. The van der Waals surface area contributed by atoms with E-state index in [1.807, 2.05) is 11.1 Å². The number of hydrogen-bond donors (Lipinski definition) is 3. The van der Waals surface area contributed by atoms with E-state index in [4.69, 9.17) is 0 Å². The van der Waals surface area contributed by atoms with E-state index < -0.39 is 17.9 Å². The predicted molar refractivity (Wildman–Crippen MR) is 132 cm³/mol. The number of aromatic nitrogens is 2. The van der Waals surface area contributed by atoms with Crippen LogP contribution >= 0.6 is 0 Å². The molecule has 11 heteroatoms. The highest BCUT2D eigenvalue weighted by Crippen LogP contribution is 2.39. The van der Waals surface area contributed by atoms with Crippen molar-refractivity contribution in [3.05, 3.63) is 52.6 Å². The molecule has 3 atom stereocenters. The molecule has 0 aromatic carbocycles. The third kappa shape index (κ3) is 4.87. The zero-order chi connectivity index (χ0) is 25.6. The smallest absolute Gasteiger partial charge is 0.373 e. The van der Waals surface area contributed by atoms with Crippen LogP contribution in [0.3, 0.4) is 0 Å². The first kappa shape index (κ1) is 24.1. The number of hydrogen-bond acceptors (Lipinski definition) is 6. The van der Waals surface area contributed by atoms with Crippen molar-refractivity contribution >= 4 is 12.1 Å². The second-order valence-corrected chi connectivity index (χ2v) is 10.5. The summed E-state index contributed by atoms with van der Waals surface area (Å²) < 4.78 is 41.7. The quantitative estimate of drug-likeness (QED) is 0.505. The number of H-pyrrole nitrogens is 1. The van der Waals surface area contributed by atoms with E-state index in [0.29, 0.717) is 26.2 Å². The summed E-state index contributed by atoms with van der Waals surface area (Å²) in [4.78, 5) is 16.7. The average Bonchev–Trinajstić information content (AvgIpc) is 3.44. The van der Waals surface area contributed by atoms with Crippen LogP contribution in [-0.2, 0) is 11.0 Å². The van der Waals surface area contributed by atoms with Crippen LogP contribution < -0.4 is 10.7 Å². The summed E-state index contributed by atoms with van der Waals surface area (Å²) in [6.07, 6.45) is 10.4. The molecule has 3 unspecified atom stereocenters. The zero-order valence-corrected chi connectivity index (χ0v) is 20.6. The fourth-order valence-electron chi connectivity index (χ4n) is 5.77. The third-order valence-corrected chi connectivity index (χ3v) is 7.98. The van der Waals surface area contributed by atoms with Gasteiger partial charge < -0.3 is 20.5 Å². The van der Waals surface area contributed by atoms with Crippen molar-refractivity contribution in [2.45, 2.75) is 56.8 Å². The van der Waals surface area contributed by atoms with E-state index >= 15 is 0 Å². The number of piperazine rings is 1. The number of allylic oxidation sites excluding steroid dienone is 1. The van der Waals surface area contributed by atoms with Crippen LogP contribution in [0.1, 0.15) is 55.8 Å². The van der Waals surface area contributed by atoms with Gasteiger partial charge >= 0.3 is 6.18 Å². The Labute approximate surface area is 213 Å². The number of carbonyl (C=O) groups excluding carboxylic acids is 1. The van der Waals surface area contributed by atoms with Crippen molar-refractivity contribution in [3.63, 3.8) is 0 Å². The minimum Gasteiger partial charge on any atom is -0.373 e. The molecular formula is C26H32F3N7O. The molecule has 1 aromatic rings. The molecule has 3 heterocycles. The molecule has 1 amide bonds. The molecule has 1 saturated carbocycles. The van der Waals surface area contributed by atoms with Crippen LogP contribution in [0, 0.1) is 11.8 Å². The maximum Gasteiger partial charge on any atom is 0.433 e. The maximum atomic E-state index is 13.9. The lowest BCUT2D eigenvalue weighted by Crippen LogP contribution is -2.50. The maximum absolute atomic E-state index is 13.9. The van der Waals surface area contributed by atoms with Gasteiger partial charge in [-0.2, -0.15) is 23.4 Å². The van der Waals surface area contributed by atoms with Crippen LogP contribution in [0.15, 0.2) is 46.5 Å². The largest absolute Gasteiger partial charge is 0.433 e. The number of nitrogens with one attached hydrogen (secondary N) is 3. The van der Waals surface area contributed by atoms with Crippen molar-refractivity contribution in [2.24, 2.45) is 16.9 Å². The lowest BCUT2D eigenvalue weighted by molar-refractivity contribution is -0.142. The Kier molecular flexibility index (Phi) is 6.24. The summed E-state index contributed by atoms with van der Waals surface area (Å²) in [5.74, 6) is 0.456. The number of hydrazone groups is 1. The van der Waals surface area contributed by atoms with E-state index in [1.54, 1.807) is 0 Å². The molecule has 3 N–H and O–H groups in total. The summed E-state index contributed by atoms with van der Waals surface area (Å²) in [7, 11) is 0. The SMILES string of the molecule is O=C(C1CC1)N1CCN(C2=CC3NN=CC3C=C2NC(C2=CCCCC2)c2cn[nH]c2C(F)(F)F)CC1. The highest BCUT2D eigenvalue weighted by atomic mass is 19.4. The van der Waals surface area contributed by atoms with Gasteiger partial charge in [0.25, 0.3) is 0 Å². The number of alkyl halides is 3. The summed E-state index contributed by atoms with van der Waals surface area (Å²) in [5, 5.41) is 13.7. The molecule has 0 radical (unpaired) electrons. The Balaban J connectivity index is 1.29. The van der Waals surface area contributed by atoms with Gasteiger partial charge in [0.05, 0.1) is 29.7 Å². The van der Waals surface area contributed by atoms with Gasteiger partial charge in [0.1, 0.15) is 5.69 Å². The van der Waals surface area contributed by atoms with Gasteiger partial charge in [-0.3, -0.25) is 9.89 Å². The molecular weight excluding hydrogens is 483 g/mol. The van der Waals surface area contributed by atoms with Crippen molar-refractivity contribution in [1.29, 1.82) is 0 Å².